The molecule has 1 saturated heterocycles. The van der Waals surface area contributed by atoms with Crippen LogP contribution in [0.15, 0.2) is 42.5 Å². The Morgan fingerprint density at radius 3 is 2.28 bits per heavy atom. The van der Waals surface area contributed by atoms with Crippen LogP contribution in [0.5, 0.6) is 0 Å². The second-order valence-electron chi connectivity index (χ2n) is 8.52. The Hall–Kier alpha value is -2.87. The van der Waals surface area contributed by atoms with Gasteiger partial charge in [-0.15, -0.1) is 0 Å². The van der Waals surface area contributed by atoms with Gasteiger partial charge in [-0.1, -0.05) is 24.3 Å². The molecular weight excluding hydrogens is 419 g/mol. The summed E-state index contributed by atoms with van der Waals surface area (Å²) in [6.07, 6.45) is -2.55. The smallest absolute Gasteiger partial charge is 0.369 e. The molecule has 1 aliphatic carbocycles. The molecule has 5 nitrogen and oxygen atoms in total. The third-order valence-corrected chi connectivity index (χ3v) is 6.31. The number of alkyl halides is 3. The van der Waals surface area contributed by atoms with E-state index in [0.29, 0.717) is 6.42 Å². The zero-order chi connectivity index (χ0) is 22.9. The van der Waals surface area contributed by atoms with Crippen molar-refractivity contribution in [1.82, 2.24) is 10.2 Å². The Morgan fingerprint density at radius 1 is 0.969 bits per heavy atom. The highest BCUT2D eigenvalue weighted by atomic mass is 19.4. The molecular formula is C24H26F3N3O2. The molecule has 1 atom stereocenters. The zero-order valence-electron chi connectivity index (χ0n) is 17.9. The van der Waals surface area contributed by atoms with Crippen molar-refractivity contribution in [2.45, 2.75) is 31.5 Å². The summed E-state index contributed by atoms with van der Waals surface area (Å²) in [6, 6.07) is 10.9. The number of fused-ring (bicyclic) bond motifs is 1. The Balaban J connectivity index is 1.44. The van der Waals surface area contributed by atoms with Crippen molar-refractivity contribution in [2.24, 2.45) is 0 Å². The highest BCUT2D eigenvalue weighted by Gasteiger charge is 2.39. The Kier molecular flexibility index (Phi) is 6.24. The van der Waals surface area contributed by atoms with Gasteiger partial charge in [0.25, 0.3) is 11.7 Å². The number of amides is 1. The molecule has 1 amide bonds. The number of Topliss-reactive ketones (excluding diaryl/α,β-unsaturated/α-hetero) is 1. The lowest BCUT2D eigenvalue weighted by Crippen LogP contribution is -2.45. The minimum absolute atomic E-state index is 0.0555. The normalized spacial score (nSPS) is 19.4. The van der Waals surface area contributed by atoms with Crippen molar-refractivity contribution in [1.29, 1.82) is 0 Å². The van der Waals surface area contributed by atoms with E-state index in [1.165, 1.54) is 28.9 Å². The SMILES string of the molecule is CN1CCN(c2cccc3c2CC(NC(=O)c2ccc(C(=O)C(F)(F)F)cc2)CC3)CC1. The van der Waals surface area contributed by atoms with Crippen LogP contribution < -0.4 is 10.2 Å². The lowest BCUT2D eigenvalue weighted by molar-refractivity contribution is -0.0885. The van der Waals surface area contributed by atoms with Gasteiger partial charge in [0.1, 0.15) is 0 Å². The highest BCUT2D eigenvalue weighted by molar-refractivity contribution is 6.01. The van der Waals surface area contributed by atoms with Gasteiger partial charge in [-0.05, 0) is 55.6 Å². The Labute approximate surface area is 185 Å². The summed E-state index contributed by atoms with van der Waals surface area (Å²) >= 11 is 0. The monoisotopic (exact) mass is 445 g/mol. The summed E-state index contributed by atoms with van der Waals surface area (Å²) in [7, 11) is 2.12. The second-order valence-corrected chi connectivity index (χ2v) is 8.52. The van der Waals surface area contributed by atoms with Crippen LogP contribution in [-0.2, 0) is 12.8 Å². The molecule has 0 radical (unpaired) electrons. The maximum absolute atomic E-state index is 12.7. The van der Waals surface area contributed by atoms with Gasteiger partial charge in [-0.25, -0.2) is 0 Å². The number of hydrogen-bond donors (Lipinski definition) is 1. The van der Waals surface area contributed by atoms with E-state index in [0.717, 1.165) is 51.2 Å². The zero-order valence-corrected chi connectivity index (χ0v) is 17.9. The van der Waals surface area contributed by atoms with Crippen molar-refractivity contribution in [2.75, 3.05) is 38.1 Å². The molecule has 32 heavy (non-hydrogen) atoms. The van der Waals surface area contributed by atoms with Crippen molar-refractivity contribution in [3.05, 3.63) is 64.7 Å². The molecule has 4 rings (SSSR count). The number of piperazine rings is 1. The average Bonchev–Trinajstić information content (AvgIpc) is 2.78. The fraction of sp³-hybridized carbons (Fsp3) is 0.417. The number of halogens is 3. The van der Waals surface area contributed by atoms with E-state index in [1.54, 1.807) is 0 Å². The maximum atomic E-state index is 12.7. The molecule has 1 fully saturated rings. The summed E-state index contributed by atoms with van der Waals surface area (Å²) in [5, 5.41) is 3.02. The summed E-state index contributed by atoms with van der Waals surface area (Å²) in [6.45, 7) is 3.95. The van der Waals surface area contributed by atoms with E-state index in [9.17, 15) is 22.8 Å². The summed E-state index contributed by atoms with van der Waals surface area (Å²) in [4.78, 5) is 28.7. The molecule has 8 heteroatoms. The number of aryl methyl sites for hydroxylation is 1. The topological polar surface area (TPSA) is 52.6 Å². The van der Waals surface area contributed by atoms with Crippen LogP contribution in [0.3, 0.4) is 0 Å². The molecule has 170 valence electrons. The van der Waals surface area contributed by atoms with Crippen LogP contribution >= 0.6 is 0 Å². The van der Waals surface area contributed by atoms with Crippen molar-refractivity contribution < 1.29 is 22.8 Å². The lowest BCUT2D eigenvalue weighted by Gasteiger charge is -2.37. The summed E-state index contributed by atoms with van der Waals surface area (Å²) in [5.74, 6) is -2.26. The first-order valence-corrected chi connectivity index (χ1v) is 10.8. The maximum Gasteiger partial charge on any atom is 0.454 e. The second kappa shape index (κ2) is 8.94. The van der Waals surface area contributed by atoms with Gasteiger partial charge in [0.05, 0.1) is 0 Å². The molecule has 0 spiro atoms. The van der Waals surface area contributed by atoms with Crippen LogP contribution in [-0.4, -0.2) is 62.0 Å². The van der Waals surface area contributed by atoms with Gasteiger partial charge in [-0.2, -0.15) is 13.2 Å². The molecule has 2 aliphatic rings. The van der Waals surface area contributed by atoms with Gasteiger partial charge in [-0.3, -0.25) is 9.59 Å². The number of hydrogen-bond acceptors (Lipinski definition) is 4. The van der Waals surface area contributed by atoms with Crippen molar-refractivity contribution >= 4 is 17.4 Å². The summed E-state index contributed by atoms with van der Waals surface area (Å²) < 4.78 is 37.7. The predicted octanol–water partition coefficient (Wildman–Crippen LogP) is 3.47. The molecule has 0 aromatic heterocycles. The van der Waals surface area contributed by atoms with E-state index < -0.39 is 17.5 Å². The average molecular weight is 445 g/mol. The molecule has 1 aliphatic heterocycles. The molecule has 0 saturated carbocycles. The molecule has 2 aromatic carbocycles. The number of carbonyl (C=O) groups is 2. The highest BCUT2D eigenvalue weighted by Crippen LogP contribution is 2.31. The molecule has 2 aromatic rings. The van der Waals surface area contributed by atoms with E-state index in [1.807, 2.05) is 0 Å². The Bertz CT molecular complexity index is 997. The summed E-state index contributed by atoms with van der Waals surface area (Å²) in [5.41, 5.74) is 3.56. The van der Waals surface area contributed by atoms with Crippen LogP contribution in [0.2, 0.25) is 0 Å². The molecule has 1 unspecified atom stereocenters. The number of rotatable bonds is 4. The number of carbonyl (C=O) groups excluding carboxylic acids is 2. The number of anilines is 1. The van der Waals surface area contributed by atoms with Crippen LogP contribution in [0.1, 0.15) is 38.3 Å². The minimum Gasteiger partial charge on any atom is -0.369 e. The van der Waals surface area contributed by atoms with E-state index in [4.69, 9.17) is 0 Å². The van der Waals surface area contributed by atoms with Crippen molar-refractivity contribution in [3.63, 3.8) is 0 Å². The fourth-order valence-corrected chi connectivity index (χ4v) is 4.44. The minimum atomic E-state index is -4.93. The molecule has 1 heterocycles. The first kappa shape index (κ1) is 22.3. The van der Waals surface area contributed by atoms with Gasteiger partial charge >= 0.3 is 6.18 Å². The van der Waals surface area contributed by atoms with Gasteiger partial charge < -0.3 is 15.1 Å². The van der Waals surface area contributed by atoms with Gasteiger partial charge in [0.15, 0.2) is 0 Å². The molecule has 1 N–H and O–H groups in total. The van der Waals surface area contributed by atoms with Crippen LogP contribution in [0, 0.1) is 0 Å². The molecule has 0 bridgehead atoms. The standard InChI is InChI=1S/C24H26F3N3O2/c1-29-11-13-30(14-12-29)21-4-2-3-16-9-10-19(15-20(16)21)28-23(32)18-7-5-17(6-8-18)22(31)24(25,26)27/h2-8,19H,9-15H2,1H3,(H,28,32). The third kappa shape index (κ3) is 4.80. The van der Waals surface area contributed by atoms with Crippen LogP contribution in [0.4, 0.5) is 18.9 Å². The quantitative estimate of drug-likeness (QED) is 0.733. The van der Waals surface area contributed by atoms with Gasteiger partial charge in [0, 0.05) is 49.0 Å². The van der Waals surface area contributed by atoms with Crippen molar-refractivity contribution in [3.8, 4) is 0 Å². The first-order valence-electron chi connectivity index (χ1n) is 10.8. The number of nitrogens with zero attached hydrogens (tertiary/aromatic N) is 2. The number of benzene rings is 2. The fourth-order valence-electron chi connectivity index (χ4n) is 4.44. The van der Waals surface area contributed by atoms with E-state index in [-0.39, 0.29) is 17.5 Å². The lowest BCUT2D eigenvalue weighted by atomic mass is 9.86. The number of likely N-dealkylation sites (N-methyl/N-ethyl adjacent to an activating group) is 1. The van der Waals surface area contributed by atoms with E-state index >= 15 is 0 Å². The predicted molar refractivity (Wildman–Crippen MR) is 116 cm³/mol. The third-order valence-electron chi connectivity index (χ3n) is 6.31. The van der Waals surface area contributed by atoms with Gasteiger partial charge in [0.2, 0.25) is 0 Å². The van der Waals surface area contributed by atoms with Crippen LogP contribution in [0.25, 0.3) is 0 Å². The number of ketones is 1. The Morgan fingerprint density at radius 2 is 1.62 bits per heavy atom. The largest absolute Gasteiger partial charge is 0.454 e. The first-order chi connectivity index (χ1) is 15.2. The van der Waals surface area contributed by atoms with E-state index in [2.05, 4.69) is 40.4 Å². The number of nitrogens with one attached hydrogen (secondary N) is 1.